The molecule has 0 bridgehead atoms. The van der Waals surface area contributed by atoms with Gasteiger partial charge in [-0.15, -0.1) is 5.10 Å². The van der Waals surface area contributed by atoms with Crippen LogP contribution in [0.4, 0.5) is 5.95 Å². The molecule has 0 aliphatic heterocycles. The van der Waals surface area contributed by atoms with Crippen LogP contribution in [-0.2, 0) is 4.79 Å². The lowest BCUT2D eigenvalue weighted by atomic mass is 10.0. The van der Waals surface area contributed by atoms with Gasteiger partial charge in [0.2, 0.25) is 5.95 Å². The normalized spacial score (nSPS) is 12.5. The molecule has 0 fully saturated rings. The molecule has 17 heavy (non-hydrogen) atoms. The molecular weight excluding hydrogens is 220 g/mol. The molecular formula is C11H18N4O2. The van der Waals surface area contributed by atoms with E-state index >= 15 is 0 Å². The second kappa shape index (κ2) is 5.56. The third-order valence-corrected chi connectivity index (χ3v) is 2.40. The number of aromatic nitrogens is 3. The summed E-state index contributed by atoms with van der Waals surface area (Å²) in [6, 6.07) is -0.682. The summed E-state index contributed by atoms with van der Waals surface area (Å²) in [5.41, 5.74) is 1.49. The number of carbonyl (C=O) groups is 1. The third kappa shape index (κ3) is 3.97. The van der Waals surface area contributed by atoms with Crippen LogP contribution >= 0.6 is 0 Å². The highest BCUT2D eigenvalue weighted by Gasteiger charge is 2.19. The Morgan fingerprint density at radius 1 is 1.29 bits per heavy atom. The van der Waals surface area contributed by atoms with Crippen LogP contribution in [0.5, 0.6) is 0 Å². The van der Waals surface area contributed by atoms with Crippen molar-refractivity contribution in [3.63, 3.8) is 0 Å². The summed E-state index contributed by atoms with van der Waals surface area (Å²) in [6.07, 6.45) is 0.519. The minimum absolute atomic E-state index is 0.265. The van der Waals surface area contributed by atoms with Crippen molar-refractivity contribution in [2.24, 2.45) is 5.92 Å². The Kier molecular flexibility index (Phi) is 4.37. The first-order chi connectivity index (χ1) is 7.90. The van der Waals surface area contributed by atoms with E-state index in [1.807, 2.05) is 27.7 Å². The molecule has 0 unspecified atom stereocenters. The summed E-state index contributed by atoms with van der Waals surface area (Å²) in [5, 5.41) is 19.6. The SMILES string of the molecule is Cc1nnc(N[C@H](CC(C)C)C(=O)O)nc1C. The Bertz CT molecular complexity index is 406. The predicted octanol–water partition coefficient (Wildman–Crippen LogP) is 1.40. The molecule has 1 atom stereocenters. The van der Waals surface area contributed by atoms with Gasteiger partial charge in [-0.05, 0) is 26.2 Å². The van der Waals surface area contributed by atoms with Crippen LogP contribution in [0.1, 0.15) is 31.7 Å². The van der Waals surface area contributed by atoms with Crippen molar-refractivity contribution in [3.05, 3.63) is 11.4 Å². The lowest BCUT2D eigenvalue weighted by molar-refractivity contribution is -0.138. The molecule has 1 rings (SSSR count). The van der Waals surface area contributed by atoms with Gasteiger partial charge in [0.1, 0.15) is 6.04 Å². The Hall–Kier alpha value is -1.72. The van der Waals surface area contributed by atoms with Gasteiger partial charge in [0.15, 0.2) is 0 Å². The molecule has 1 aromatic heterocycles. The molecule has 0 aliphatic rings. The Morgan fingerprint density at radius 2 is 1.94 bits per heavy atom. The number of anilines is 1. The van der Waals surface area contributed by atoms with Gasteiger partial charge in [0.05, 0.1) is 11.4 Å². The van der Waals surface area contributed by atoms with Gasteiger partial charge in [0.25, 0.3) is 0 Å². The summed E-state index contributed by atoms with van der Waals surface area (Å²) in [7, 11) is 0. The summed E-state index contributed by atoms with van der Waals surface area (Å²) in [4.78, 5) is 15.2. The minimum Gasteiger partial charge on any atom is -0.480 e. The summed E-state index contributed by atoms with van der Waals surface area (Å²) in [6.45, 7) is 7.56. The van der Waals surface area contributed by atoms with Gasteiger partial charge in [-0.2, -0.15) is 5.10 Å². The second-order valence-corrected chi connectivity index (χ2v) is 4.47. The molecule has 94 valence electrons. The number of carboxylic acids is 1. The molecule has 0 radical (unpaired) electrons. The first-order valence-corrected chi connectivity index (χ1v) is 5.57. The number of aliphatic carboxylic acids is 1. The van der Waals surface area contributed by atoms with E-state index in [1.165, 1.54) is 0 Å². The summed E-state index contributed by atoms with van der Waals surface area (Å²) >= 11 is 0. The Morgan fingerprint density at radius 3 is 2.41 bits per heavy atom. The van der Waals surface area contributed by atoms with E-state index in [9.17, 15) is 4.79 Å². The molecule has 6 heteroatoms. The molecule has 2 N–H and O–H groups in total. The third-order valence-electron chi connectivity index (χ3n) is 2.40. The summed E-state index contributed by atoms with van der Waals surface area (Å²) < 4.78 is 0. The molecule has 0 saturated carbocycles. The van der Waals surface area contributed by atoms with Gasteiger partial charge < -0.3 is 10.4 Å². The molecule has 0 aromatic carbocycles. The van der Waals surface area contributed by atoms with Crippen LogP contribution in [0.3, 0.4) is 0 Å². The predicted molar refractivity (Wildman–Crippen MR) is 63.8 cm³/mol. The van der Waals surface area contributed by atoms with E-state index < -0.39 is 12.0 Å². The van der Waals surface area contributed by atoms with Gasteiger partial charge in [0, 0.05) is 0 Å². The maximum atomic E-state index is 11.1. The topological polar surface area (TPSA) is 88.0 Å². The number of carboxylic acid groups (broad SMARTS) is 1. The number of aryl methyl sites for hydroxylation is 2. The van der Waals surface area contributed by atoms with Gasteiger partial charge in [-0.25, -0.2) is 9.78 Å². The number of hydrogen-bond acceptors (Lipinski definition) is 5. The van der Waals surface area contributed by atoms with Crippen molar-refractivity contribution < 1.29 is 9.90 Å². The fourth-order valence-corrected chi connectivity index (χ4v) is 1.37. The van der Waals surface area contributed by atoms with Gasteiger partial charge in [-0.3, -0.25) is 0 Å². The Labute approximate surface area is 100 Å². The quantitative estimate of drug-likeness (QED) is 0.806. The number of hydrogen-bond donors (Lipinski definition) is 2. The maximum Gasteiger partial charge on any atom is 0.326 e. The van der Waals surface area contributed by atoms with Crippen molar-refractivity contribution >= 4 is 11.9 Å². The van der Waals surface area contributed by atoms with Crippen LogP contribution in [0.2, 0.25) is 0 Å². The van der Waals surface area contributed by atoms with Crippen LogP contribution in [-0.4, -0.2) is 32.3 Å². The lowest BCUT2D eigenvalue weighted by Crippen LogP contribution is -2.31. The zero-order valence-corrected chi connectivity index (χ0v) is 10.6. The van der Waals surface area contributed by atoms with E-state index in [1.54, 1.807) is 0 Å². The largest absolute Gasteiger partial charge is 0.480 e. The lowest BCUT2D eigenvalue weighted by Gasteiger charge is -2.16. The first kappa shape index (κ1) is 13.3. The van der Waals surface area contributed by atoms with Crippen molar-refractivity contribution in [2.75, 3.05) is 5.32 Å². The number of nitrogens with one attached hydrogen (secondary N) is 1. The smallest absolute Gasteiger partial charge is 0.326 e. The maximum absolute atomic E-state index is 11.1. The van der Waals surface area contributed by atoms with Crippen LogP contribution in [0, 0.1) is 19.8 Å². The fraction of sp³-hybridized carbons (Fsp3) is 0.636. The molecule has 1 aromatic rings. The van der Waals surface area contributed by atoms with Crippen molar-refractivity contribution in [1.29, 1.82) is 0 Å². The second-order valence-electron chi connectivity index (χ2n) is 4.47. The first-order valence-electron chi connectivity index (χ1n) is 5.57. The highest BCUT2D eigenvalue weighted by molar-refractivity contribution is 5.76. The van der Waals surface area contributed by atoms with E-state index in [-0.39, 0.29) is 11.9 Å². The van der Waals surface area contributed by atoms with Crippen LogP contribution in [0.25, 0.3) is 0 Å². The minimum atomic E-state index is -0.902. The number of nitrogens with zero attached hydrogens (tertiary/aromatic N) is 3. The standard InChI is InChI=1S/C11H18N4O2/c1-6(2)5-9(10(16)17)13-11-12-7(3)8(4)14-15-11/h6,9H,5H2,1-4H3,(H,16,17)(H,12,13,15)/t9-/m1/s1. The van der Waals surface area contributed by atoms with Crippen LogP contribution < -0.4 is 5.32 Å². The van der Waals surface area contributed by atoms with E-state index in [0.29, 0.717) is 6.42 Å². The average molecular weight is 238 g/mol. The van der Waals surface area contributed by atoms with Gasteiger partial charge in [-0.1, -0.05) is 13.8 Å². The van der Waals surface area contributed by atoms with Crippen molar-refractivity contribution in [2.45, 2.75) is 40.2 Å². The molecule has 0 aliphatic carbocycles. The highest BCUT2D eigenvalue weighted by Crippen LogP contribution is 2.10. The fourth-order valence-electron chi connectivity index (χ4n) is 1.37. The number of rotatable bonds is 5. The van der Waals surface area contributed by atoms with Crippen LogP contribution in [0.15, 0.2) is 0 Å². The molecule has 6 nitrogen and oxygen atoms in total. The van der Waals surface area contributed by atoms with E-state index in [2.05, 4.69) is 20.5 Å². The zero-order chi connectivity index (χ0) is 13.0. The summed E-state index contributed by atoms with van der Waals surface area (Å²) in [5.74, 6) is -0.357. The molecule has 0 spiro atoms. The Balaban J connectivity index is 2.78. The average Bonchev–Trinajstić information content (AvgIpc) is 2.21. The van der Waals surface area contributed by atoms with E-state index in [0.717, 1.165) is 11.4 Å². The van der Waals surface area contributed by atoms with Crippen molar-refractivity contribution in [3.8, 4) is 0 Å². The van der Waals surface area contributed by atoms with Crippen molar-refractivity contribution in [1.82, 2.24) is 15.2 Å². The molecule has 0 saturated heterocycles. The zero-order valence-electron chi connectivity index (χ0n) is 10.6. The van der Waals surface area contributed by atoms with Gasteiger partial charge >= 0.3 is 5.97 Å². The van der Waals surface area contributed by atoms with E-state index in [4.69, 9.17) is 5.11 Å². The molecule has 1 heterocycles. The monoisotopic (exact) mass is 238 g/mol. The molecule has 0 amide bonds. The highest BCUT2D eigenvalue weighted by atomic mass is 16.4.